The molecule has 302 valence electrons. The van der Waals surface area contributed by atoms with E-state index in [9.17, 15) is 0 Å². The third kappa shape index (κ3) is 5.71. The quantitative estimate of drug-likeness (QED) is 0.161. The van der Waals surface area contributed by atoms with Crippen molar-refractivity contribution in [2.24, 2.45) is 0 Å². The number of hydrogen-bond donors (Lipinski definition) is 0. The van der Waals surface area contributed by atoms with Crippen molar-refractivity contribution in [1.82, 2.24) is 0 Å². The second-order valence-electron chi connectivity index (χ2n) is 22.6. The molecule has 0 N–H and O–H groups in total. The molecule has 0 unspecified atom stereocenters. The van der Waals surface area contributed by atoms with Crippen LogP contribution in [0.1, 0.15) is 146 Å². The molecule has 2 nitrogen and oxygen atoms in total. The minimum atomic E-state index is 0.0728. The van der Waals surface area contributed by atoms with Gasteiger partial charge in [-0.15, -0.1) is 11.3 Å². The van der Waals surface area contributed by atoms with Gasteiger partial charge < -0.3 is 9.80 Å². The van der Waals surface area contributed by atoms with E-state index < -0.39 is 0 Å². The van der Waals surface area contributed by atoms with E-state index in [2.05, 4.69) is 186 Å². The van der Waals surface area contributed by atoms with Crippen LogP contribution in [0, 0.1) is 20.8 Å². The molecule has 4 heteroatoms. The van der Waals surface area contributed by atoms with Crippen LogP contribution in [-0.4, -0.2) is 6.71 Å². The summed E-state index contributed by atoms with van der Waals surface area (Å²) in [5.74, 6) is 0. The molecule has 0 saturated carbocycles. The Kier molecular flexibility index (Phi) is 8.18. The van der Waals surface area contributed by atoms with Crippen molar-refractivity contribution in [2.75, 3.05) is 9.80 Å². The maximum atomic E-state index is 2.70. The summed E-state index contributed by atoms with van der Waals surface area (Å²) in [7, 11) is 0. The van der Waals surface area contributed by atoms with Gasteiger partial charge in [0, 0.05) is 33.1 Å². The zero-order chi connectivity index (χ0) is 41.9. The van der Waals surface area contributed by atoms with Gasteiger partial charge in [-0.3, -0.25) is 0 Å². The number of thiophene rings is 1. The van der Waals surface area contributed by atoms with E-state index in [4.69, 9.17) is 0 Å². The van der Waals surface area contributed by atoms with Crippen molar-refractivity contribution in [3.63, 3.8) is 0 Å². The van der Waals surface area contributed by atoms with Crippen molar-refractivity contribution in [1.29, 1.82) is 0 Å². The average molecular weight is 795 g/mol. The lowest BCUT2D eigenvalue weighted by atomic mass is 9.33. The summed E-state index contributed by atoms with van der Waals surface area (Å²) in [6, 6.07) is 32.3. The first-order valence-corrected chi connectivity index (χ1v) is 23.1. The number of hydrogen-bond acceptors (Lipinski definition) is 3. The van der Waals surface area contributed by atoms with E-state index in [0.717, 1.165) is 0 Å². The molecule has 10 rings (SSSR count). The molecule has 2 aliphatic carbocycles. The van der Waals surface area contributed by atoms with Gasteiger partial charge in [0.25, 0.3) is 6.71 Å². The largest absolute Gasteiger partial charge is 0.311 e. The number of rotatable bonds is 2. The fourth-order valence-corrected chi connectivity index (χ4v) is 12.7. The summed E-state index contributed by atoms with van der Waals surface area (Å²) < 4.78 is 1.36. The SMILES string of the molecule is Cc1cc2c3c(c1)N(c1ccc(C(C)(C)C)cc1C)c1sc4ccc(C)cc4c1B3c1cc3c(cc1N2c1ccc2c(c1)C(C)(C)CCC2(C)C)C(C)(C)CCC3(C)C. The number of nitrogens with zero attached hydrogens (tertiary/aromatic N) is 2. The lowest BCUT2D eigenvalue weighted by Crippen LogP contribution is -2.61. The van der Waals surface area contributed by atoms with E-state index >= 15 is 0 Å². The molecule has 0 radical (unpaired) electrons. The van der Waals surface area contributed by atoms with Crippen molar-refractivity contribution >= 4 is 78.0 Å². The van der Waals surface area contributed by atoms with E-state index in [0.29, 0.717) is 0 Å². The van der Waals surface area contributed by atoms with Crippen LogP contribution in [0.4, 0.5) is 33.4 Å². The molecule has 0 fully saturated rings. The average Bonchev–Trinajstić information content (AvgIpc) is 3.52. The normalized spacial score (nSPS) is 19.2. The molecular formula is C55H63BN2S. The van der Waals surface area contributed by atoms with Gasteiger partial charge in [-0.05, 0) is 177 Å². The van der Waals surface area contributed by atoms with Crippen LogP contribution >= 0.6 is 11.3 Å². The highest BCUT2D eigenvalue weighted by molar-refractivity contribution is 7.26. The Balaban J connectivity index is 1.34. The van der Waals surface area contributed by atoms with Crippen LogP contribution in [-0.2, 0) is 27.1 Å². The Bertz CT molecular complexity index is 2770. The van der Waals surface area contributed by atoms with E-state index in [1.165, 1.54) is 130 Å². The first-order chi connectivity index (χ1) is 27.6. The lowest BCUT2D eigenvalue weighted by Gasteiger charge is -2.47. The second kappa shape index (κ2) is 12.4. The maximum Gasteiger partial charge on any atom is 0.254 e. The molecule has 1 aromatic heterocycles. The van der Waals surface area contributed by atoms with Gasteiger partial charge in [-0.25, -0.2) is 0 Å². The van der Waals surface area contributed by atoms with Gasteiger partial charge in [0.2, 0.25) is 0 Å². The summed E-state index contributed by atoms with van der Waals surface area (Å²) in [6.45, 7) is 33.8. The van der Waals surface area contributed by atoms with Crippen molar-refractivity contribution < 1.29 is 0 Å². The minimum absolute atomic E-state index is 0.0728. The van der Waals surface area contributed by atoms with Crippen LogP contribution in [0.2, 0.25) is 0 Å². The number of anilines is 6. The molecule has 0 saturated heterocycles. The monoisotopic (exact) mass is 794 g/mol. The molecule has 0 spiro atoms. The Labute approximate surface area is 359 Å². The highest BCUT2D eigenvalue weighted by atomic mass is 32.1. The van der Waals surface area contributed by atoms with Crippen LogP contribution in [0.3, 0.4) is 0 Å². The van der Waals surface area contributed by atoms with Crippen molar-refractivity contribution in [2.45, 2.75) is 150 Å². The lowest BCUT2D eigenvalue weighted by molar-refractivity contribution is 0.332. The highest BCUT2D eigenvalue weighted by Gasteiger charge is 2.48. The van der Waals surface area contributed by atoms with Crippen molar-refractivity contribution in [3.8, 4) is 0 Å². The predicted octanol–water partition coefficient (Wildman–Crippen LogP) is 13.9. The first kappa shape index (κ1) is 38.9. The first-order valence-electron chi connectivity index (χ1n) is 22.3. The molecular weight excluding hydrogens is 731 g/mol. The van der Waals surface area contributed by atoms with Gasteiger partial charge in [-0.1, -0.05) is 118 Å². The van der Waals surface area contributed by atoms with E-state index in [1.54, 1.807) is 0 Å². The highest BCUT2D eigenvalue weighted by Crippen LogP contribution is 2.54. The number of fused-ring (bicyclic) bond motifs is 8. The summed E-state index contributed by atoms with van der Waals surface area (Å²) in [4.78, 5) is 5.36. The van der Waals surface area contributed by atoms with Gasteiger partial charge in [0.05, 0.1) is 5.00 Å². The Morgan fingerprint density at radius 3 is 1.75 bits per heavy atom. The summed E-state index contributed by atoms with van der Waals surface area (Å²) in [5, 5.41) is 2.76. The van der Waals surface area contributed by atoms with Crippen LogP contribution in [0.5, 0.6) is 0 Å². The molecule has 0 atom stereocenters. The van der Waals surface area contributed by atoms with Crippen LogP contribution < -0.4 is 26.2 Å². The Hall–Kier alpha value is -4.28. The van der Waals surface area contributed by atoms with E-state index in [1.807, 2.05) is 11.3 Å². The van der Waals surface area contributed by atoms with Crippen molar-refractivity contribution in [3.05, 3.63) is 123 Å². The third-order valence-corrected chi connectivity index (χ3v) is 16.5. The topological polar surface area (TPSA) is 6.48 Å². The molecule has 5 aromatic carbocycles. The van der Waals surface area contributed by atoms with Gasteiger partial charge in [-0.2, -0.15) is 0 Å². The Morgan fingerprint density at radius 1 is 0.525 bits per heavy atom. The summed E-state index contributed by atoms with van der Waals surface area (Å²) >= 11 is 1.98. The number of benzene rings is 5. The van der Waals surface area contributed by atoms with Crippen LogP contribution in [0.25, 0.3) is 10.1 Å². The molecule has 0 bridgehead atoms. The summed E-state index contributed by atoms with van der Waals surface area (Å²) in [5.41, 5.74) is 22.8. The maximum absolute atomic E-state index is 2.70. The predicted molar refractivity (Wildman–Crippen MR) is 259 cm³/mol. The Morgan fingerprint density at radius 2 is 1.12 bits per heavy atom. The minimum Gasteiger partial charge on any atom is -0.311 e. The second-order valence-corrected chi connectivity index (χ2v) is 23.6. The molecule has 4 aliphatic rings. The molecule has 2 aliphatic heterocycles. The van der Waals surface area contributed by atoms with Crippen LogP contribution in [0.15, 0.2) is 78.9 Å². The van der Waals surface area contributed by atoms with Gasteiger partial charge in [0.1, 0.15) is 0 Å². The molecule has 0 amide bonds. The smallest absolute Gasteiger partial charge is 0.254 e. The van der Waals surface area contributed by atoms with Gasteiger partial charge in [0.15, 0.2) is 0 Å². The third-order valence-electron chi connectivity index (χ3n) is 15.4. The van der Waals surface area contributed by atoms with Gasteiger partial charge >= 0.3 is 0 Å². The standard InChI is InChI=1S/C55H63BN2S/c1-32-15-20-47-37(25-32)48-50(59-47)58(43-19-16-35(28-34(43)3)51(4,5)6)46-27-33(2)26-45-49(46)56(48)42-30-40-41(55(13,14)24-23-54(40,11)12)31-44(42)57(45)36-17-18-38-39(29-36)53(9,10)22-21-52(38,7)8/h15-20,25-31H,21-24H2,1-14H3. The molecule has 6 aromatic rings. The molecule has 59 heavy (non-hydrogen) atoms. The van der Waals surface area contributed by atoms with E-state index in [-0.39, 0.29) is 33.8 Å². The summed E-state index contributed by atoms with van der Waals surface area (Å²) in [6.07, 6.45) is 4.80. The molecule has 3 heterocycles. The zero-order valence-electron chi connectivity index (χ0n) is 38.2. The fraction of sp³-hybridized carbons (Fsp3) is 0.418. The fourth-order valence-electron chi connectivity index (χ4n) is 11.4. The number of aryl methyl sites for hydroxylation is 3. The zero-order valence-corrected chi connectivity index (χ0v) is 39.0.